The molecule has 3 nitrogen and oxygen atoms in total. The summed E-state index contributed by atoms with van der Waals surface area (Å²) in [5.74, 6) is 0. The van der Waals surface area contributed by atoms with E-state index in [1.54, 1.807) is 11.3 Å². The molecule has 72 valence electrons. The number of rotatable bonds is 3. The van der Waals surface area contributed by atoms with Crippen LogP contribution in [0.2, 0.25) is 0 Å². The van der Waals surface area contributed by atoms with Gasteiger partial charge >= 0.3 is 0 Å². The summed E-state index contributed by atoms with van der Waals surface area (Å²) in [5.41, 5.74) is 0. The van der Waals surface area contributed by atoms with Crippen molar-refractivity contribution in [3.05, 3.63) is 16.6 Å². The molecule has 1 aromatic rings. The molecule has 1 aliphatic heterocycles. The zero-order chi connectivity index (χ0) is 9.10. The summed E-state index contributed by atoms with van der Waals surface area (Å²) in [5, 5.41) is 10.1. The summed E-state index contributed by atoms with van der Waals surface area (Å²) >= 11 is 1.72. The van der Waals surface area contributed by atoms with Crippen LogP contribution in [-0.2, 0) is 0 Å². The Balaban J connectivity index is 1.87. The Labute approximate surface area is 82.6 Å². The highest BCUT2D eigenvalue weighted by Crippen LogP contribution is 2.16. The van der Waals surface area contributed by atoms with Crippen molar-refractivity contribution in [2.75, 3.05) is 13.1 Å². The molecule has 1 aromatic heterocycles. The van der Waals surface area contributed by atoms with Crippen LogP contribution in [0.5, 0.6) is 0 Å². The number of thiazole rings is 1. The predicted molar refractivity (Wildman–Crippen MR) is 54.9 cm³/mol. The monoisotopic (exact) mass is 197 g/mol. The Morgan fingerprint density at radius 1 is 1.77 bits per heavy atom. The first-order valence-corrected chi connectivity index (χ1v) is 5.60. The fourth-order valence-corrected chi connectivity index (χ4v) is 2.33. The molecule has 0 saturated carbocycles. The van der Waals surface area contributed by atoms with Gasteiger partial charge in [0.15, 0.2) is 0 Å². The standard InChI is InChI=1S/C9H15N3S/c1-7(9-11-4-5-13-9)12-8-2-3-10-6-8/h4-5,7-8,10,12H,2-3,6H2,1H3/t7?,8-/m0/s1. The minimum atomic E-state index is 0.393. The molecular formula is C9H15N3S. The predicted octanol–water partition coefficient (Wildman–Crippen LogP) is 1.16. The van der Waals surface area contributed by atoms with Gasteiger partial charge in [-0.2, -0.15) is 0 Å². The van der Waals surface area contributed by atoms with E-state index in [1.165, 1.54) is 11.4 Å². The van der Waals surface area contributed by atoms with Crippen LogP contribution in [0.15, 0.2) is 11.6 Å². The van der Waals surface area contributed by atoms with Crippen molar-refractivity contribution < 1.29 is 0 Å². The molecule has 2 atom stereocenters. The van der Waals surface area contributed by atoms with Crippen LogP contribution in [0.4, 0.5) is 0 Å². The molecule has 2 heterocycles. The normalized spacial score (nSPS) is 24.8. The lowest BCUT2D eigenvalue weighted by atomic mass is 10.2. The highest BCUT2D eigenvalue weighted by molar-refractivity contribution is 7.09. The molecule has 1 fully saturated rings. The van der Waals surface area contributed by atoms with E-state index >= 15 is 0 Å². The number of hydrogen-bond acceptors (Lipinski definition) is 4. The van der Waals surface area contributed by atoms with Crippen molar-refractivity contribution in [1.82, 2.24) is 15.6 Å². The van der Waals surface area contributed by atoms with Crippen molar-refractivity contribution in [2.24, 2.45) is 0 Å². The van der Waals surface area contributed by atoms with Gasteiger partial charge in [-0.05, 0) is 19.9 Å². The maximum Gasteiger partial charge on any atom is 0.109 e. The SMILES string of the molecule is CC(N[C@H]1CCNC1)c1nccs1. The van der Waals surface area contributed by atoms with E-state index in [0.29, 0.717) is 12.1 Å². The van der Waals surface area contributed by atoms with Gasteiger partial charge in [-0.15, -0.1) is 11.3 Å². The number of nitrogens with one attached hydrogen (secondary N) is 2. The molecule has 0 aliphatic carbocycles. The third-order valence-electron chi connectivity index (χ3n) is 2.37. The van der Waals surface area contributed by atoms with E-state index in [-0.39, 0.29) is 0 Å². The van der Waals surface area contributed by atoms with Crippen LogP contribution >= 0.6 is 11.3 Å². The Morgan fingerprint density at radius 2 is 2.69 bits per heavy atom. The summed E-state index contributed by atoms with van der Waals surface area (Å²) in [6, 6.07) is 1.02. The second kappa shape index (κ2) is 4.17. The summed E-state index contributed by atoms with van der Waals surface area (Å²) in [4.78, 5) is 4.29. The lowest BCUT2D eigenvalue weighted by Crippen LogP contribution is -2.33. The van der Waals surface area contributed by atoms with Crippen molar-refractivity contribution in [1.29, 1.82) is 0 Å². The van der Waals surface area contributed by atoms with Crippen LogP contribution in [-0.4, -0.2) is 24.1 Å². The van der Waals surface area contributed by atoms with Crippen molar-refractivity contribution in [3.8, 4) is 0 Å². The first-order valence-electron chi connectivity index (χ1n) is 4.72. The molecule has 1 saturated heterocycles. The van der Waals surface area contributed by atoms with Crippen molar-refractivity contribution in [2.45, 2.75) is 25.4 Å². The molecule has 2 N–H and O–H groups in total. The molecule has 0 radical (unpaired) electrons. The number of aromatic nitrogens is 1. The zero-order valence-corrected chi connectivity index (χ0v) is 8.60. The molecule has 0 amide bonds. The van der Waals surface area contributed by atoms with E-state index in [1.807, 2.05) is 11.6 Å². The van der Waals surface area contributed by atoms with Gasteiger partial charge in [0.05, 0.1) is 6.04 Å². The lowest BCUT2D eigenvalue weighted by Gasteiger charge is -2.16. The van der Waals surface area contributed by atoms with E-state index in [4.69, 9.17) is 0 Å². The van der Waals surface area contributed by atoms with Crippen LogP contribution in [0.1, 0.15) is 24.4 Å². The van der Waals surface area contributed by atoms with Crippen LogP contribution in [0.25, 0.3) is 0 Å². The van der Waals surface area contributed by atoms with Gasteiger partial charge in [0.25, 0.3) is 0 Å². The van der Waals surface area contributed by atoms with E-state index in [0.717, 1.165) is 13.1 Å². The average Bonchev–Trinajstić information content (AvgIpc) is 2.74. The number of nitrogens with zero attached hydrogens (tertiary/aromatic N) is 1. The second-order valence-corrected chi connectivity index (χ2v) is 4.37. The lowest BCUT2D eigenvalue weighted by molar-refractivity contribution is 0.477. The first-order chi connectivity index (χ1) is 6.36. The van der Waals surface area contributed by atoms with Crippen molar-refractivity contribution in [3.63, 3.8) is 0 Å². The highest BCUT2D eigenvalue weighted by Gasteiger charge is 2.17. The quantitative estimate of drug-likeness (QED) is 0.763. The molecular weight excluding hydrogens is 182 g/mol. The summed E-state index contributed by atoms with van der Waals surface area (Å²) in [7, 11) is 0. The topological polar surface area (TPSA) is 37.0 Å². The molecule has 2 rings (SSSR count). The third-order valence-corrected chi connectivity index (χ3v) is 3.33. The zero-order valence-electron chi connectivity index (χ0n) is 7.79. The maximum atomic E-state index is 4.29. The minimum absolute atomic E-state index is 0.393. The summed E-state index contributed by atoms with van der Waals surface area (Å²) in [6.07, 6.45) is 3.10. The van der Waals surface area contributed by atoms with E-state index in [9.17, 15) is 0 Å². The first kappa shape index (κ1) is 9.12. The van der Waals surface area contributed by atoms with Crippen LogP contribution < -0.4 is 10.6 Å². The van der Waals surface area contributed by atoms with Crippen molar-refractivity contribution >= 4 is 11.3 Å². The largest absolute Gasteiger partial charge is 0.315 e. The van der Waals surface area contributed by atoms with Gasteiger partial charge in [0, 0.05) is 24.2 Å². The van der Waals surface area contributed by atoms with Crippen LogP contribution in [0.3, 0.4) is 0 Å². The van der Waals surface area contributed by atoms with Gasteiger partial charge in [0.1, 0.15) is 5.01 Å². The Morgan fingerprint density at radius 3 is 3.31 bits per heavy atom. The molecule has 0 bridgehead atoms. The van der Waals surface area contributed by atoms with Crippen LogP contribution in [0, 0.1) is 0 Å². The Hall–Kier alpha value is -0.450. The fraction of sp³-hybridized carbons (Fsp3) is 0.667. The molecule has 1 aliphatic rings. The van der Waals surface area contributed by atoms with Gasteiger partial charge in [0.2, 0.25) is 0 Å². The molecule has 1 unspecified atom stereocenters. The number of hydrogen-bond donors (Lipinski definition) is 2. The van der Waals surface area contributed by atoms with Gasteiger partial charge in [-0.1, -0.05) is 0 Å². The van der Waals surface area contributed by atoms with Gasteiger partial charge in [-0.25, -0.2) is 4.98 Å². The Bertz CT molecular complexity index is 241. The maximum absolute atomic E-state index is 4.29. The highest BCUT2D eigenvalue weighted by atomic mass is 32.1. The van der Waals surface area contributed by atoms with Gasteiger partial charge in [-0.3, -0.25) is 0 Å². The minimum Gasteiger partial charge on any atom is -0.315 e. The average molecular weight is 197 g/mol. The van der Waals surface area contributed by atoms with Gasteiger partial charge < -0.3 is 10.6 Å². The van der Waals surface area contributed by atoms with E-state index in [2.05, 4.69) is 22.5 Å². The molecule has 13 heavy (non-hydrogen) atoms. The molecule has 0 spiro atoms. The van der Waals surface area contributed by atoms with E-state index < -0.39 is 0 Å². The smallest absolute Gasteiger partial charge is 0.109 e. The summed E-state index contributed by atoms with van der Waals surface area (Å²) in [6.45, 7) is 4.41. The Kier molecular flexibility index (Phi) is 2.93. The molecule has 4 heteroatoms. The summed E-state index contributed by atoms with van der Waals surface area (Å²) < 4.78 is 0. The molecule has 0 aromatic carbocycles. The second-order valence-electron chi connectivity index (χ2n) is 3.45. The fourth-order valence-electron chi connectivity index (χ4n) is 1.67. The third kappa shape index (κ3) is 2.27.